The number of benzene rings is 2. The van der Waals surface area contributed by atoms with E-state index in [1.54, 1.807) is 0 Å². The van der Waals surface area contributed by atoms with E-state index < -0.39 is 0 Å². The number of nitrogens with one attached hydrogen (secondary N) is 1. The molecule has 0 aliphatic carbocycles. The molecule has 0 spiro atoms. The average Bonchev–Trinajstić information content (AvgIpc) is 2.98. The summed E-state index contributed by atoms with van der Waals surface area (Å²) in [6, 6.07) is 19.1. The summed E-state index contributed by atoms with van der Waals surface area (Å²) in [6.07, 6.45) is 4.66. The van der Waals surface area contributed by atoms with Gasteiger partial charge in [0.05, 0.1) is 12.6 Å². The summed E-state index contributed by atoms with van der Waals surface area (Å²) in [4.78, 5) is 7.28. The largest absolute Gasteiger partial charge is 0.493 e. The lowest BCUT2D eigenvalue weighted by atomic mass is 10.0. The molecule has 5 nitrogen and oxygen atoms in total. The molecule has 2 atom stereocenters. The van der Waals surface area contributed by atoms with E-state index in [4.69, 9.17) is 15.5 Å². The third kappa shape index (κ3) is 6.35. The molecule has 0 saturated carbocycles. The fraction of sp³-hybridized carbons (Fsp3) is 0.458. The normalized spacial score (nSPS) is 22.2. The van der Waals surface area contributed by atoms with Gasteiger partial charge in [0, 0.05) is 31.6 Å². The van der Waals surface area contributed by atoms with Crippen molar-refractivity contribution in [3.05, 3.63) is 65.7 Å². The van der Waals surface area contributed by atoms with Gasteiger partial charge in [0.2, 0.25) is 0 Å². The summed E-state index contributed by atoms with van der Waals surface area (Å²) < 4.78 is 5.74. The molecule has 2 aliphatic rings. The molecular formula is C24H33IN4O. The van der Waals surface area contributed by atoms with E-state index in [1.165, 1.54) is 36.9 Å². The zero-order chi connectivity index (χ0) is 19.9. The Morgan fingerprint density at radius 3 is 2.73 bits per heavy atom. The first-order valence-electron chi connectivity index (χ1n) is 10.8. The van der Waals surface area contributed by atoms with E-state index in [0.29, 0.717) is 18.5 Å². The Morgan fingerprint density at radius 1 is 1.07 bits per heavy atom. The van der Waals surface area contributed by atoms with Crippen molar-refractivity contribution >= 4 is 29.9 Å². The maximum atomic E-state index is 6.26. The standard InChI is InChI=1S/C24H32N4O.HI/c25-24(27-22-13-15-29-23-12-5-4-11-21(22)23)26-16-20-10-6-7-14-28(18-20)17-19-8-2-1-3-9-19;/h1-5,8-9,11-12,20,22H,6-7,10,13-18H2,(H3,25,26,27);1H. The van der Waals surface area contributed by atoms with Crippen LogP contribution in [0.3, 0.4) is 0 Å². The summed E-state index contributed by atoms with van der Waals surface area (Å²) in [5.41, 5.74) is 8.81. The van der Waals surface area contributed by atoms with E-state index >= 15 is 0 Å². The maximum absolute atomic E-state index is 6.26. The first kappa shape index (κ1) is 22.9. The number of para-hydroxylation sites is 1. The first-order chi connectivity index (χ1) is 14.3. The van der Waals surface area contributed by atoms with Crippen LogP contribution in [0.25, 0.3) is 0 Å². The predicted octanol–water partition coefficient (Wildman–Crippen LogP) is 4.33. The number of hydrogen-bond donors (Lipinski definition) is 2. The summed E-state index contributed by atoms with van der Waals surface area (Å²) >= 11 is 0. The lowest BCUT2D eigenvalue weighted by Crippen LogP contribution is -2.38. The van der Waals surface area contributed by atoms with Gasteiger partial charge in [-0.15, -0.1) is 24.0 Å². The number of fused-ring (bicyclic) bond motifs is 1. The number of guanidine groups is 1. The second-order valence-corrected chi connectivity index (χ2v) is 8.18. The first-order valence-corrected chi connectivity index (χ1v) is 10.8. The van der Waals surface area contributed by atoms with E-state index in [-0.39, 0.29) is 30.0 Å². The van der Waals surface area contributed by atoms with Gasteiger partial charge < -0.3 is 15.8 Å². The molecule has 2 aromatic carbocycles. The van der Waals surface area contributed by atoms with Crippen molar-refractivity contribution in [1.29, 1.82) is 0 Å². The van der Waals surface area contributed by atoms with Crippen molar-refractivity contribution in [3.63, 3.8) is 0 Å². The van der Waals surface area contributed by atoms with Crippen LogP contribution in [0.1, 0.15) is 42.9 Å². The van der Waals surface area contributed by atoms with Crippen LogP contribution in [0.2, 0.25) is 0 Å². The molecule has 0 amide bonds. The van der Waals surface area contributed by atoms with Gasteiger partial charge in [-0.2, -0.15) is 0 Å². The van der Waals surface area contributed by atoms with Crippen LogP contribution in [0, 0.1) is 5.92 Å². The Kier molecular flexibility index (Phi) is 8.81. The van der Waals surface area contributed by atoms with Crippen molar-refractivity contribution in [2.75, 3.05) is 26.2 Å². The minimum atomic E-state index is 0. The predicted molar refractivity (Wildman–Crippen MR) is 133 cm³/mol. The van der Waals surface area contributed by atoms with Gasteiger partial charge in [-0.05, 0) is 36.9 Å². The van der Waals surface area contributed by atoms with Crippen LogP contribution in [0.4, 0.5) is 0 Å². The van der Waals surface area contributed by atoms with Gasteiger partial charge in [-0.3, -0.25) is 9.89 Å². The Balaban J connectivity index is 0.00000256. The van der Waals surface area contributed by atoms with Crippen molar-refractivity contribution in [1.82, 2.24) is 10.2 Å². The molecular weight excluding hydrogens is 487 g/mol. The van der Waals surface area contributed by atoms with Gasteiger partial charge in [0.1, 0.15) is 5.75 Å². The molecule has 1 fully saturated rings. The molecule has 1 saturated heterocycles. The number of nitrogens with two attached hydrogens (primary N) is 1. The van der Waals surface area contributed by atoms with Crippen LogP contribution in [0.5, 0.6) is 5.75 Å². The molecule has 2 aromatic rings. The Bertz CT molecular complexity index is 814. The molecule has 4 rings (SSSR count). The highest BCUT2D eigenvalue weighted by atomic mass is 127. The fourth-order valence-corrected chi connectivity index (χ4v) is 4.39. The fourth-order valence-electron chi connectivity index (χ4n) is 4.39. The number of nitrogens with zero attached hydrogens (tertiary/aromatic N) is 2. The molecule has 162 valence electrons. The van der Waals surface area contributed by atoms with Crippen molar-refractivity contribution in [2.24, 2.45) is 16.6 Å². The highest BCUT2D eigenvalue weighted by molar-refractivity contribution is 14.0. The van der Waals surface area contributed by atoms with Crippen LogP contribution in [0.15, 0.2) is 59.6 Å². The summed E-state index contributed by atoms with van der Waals surface area (Å²) in [5, 5.41) is 3.42. The van der Waals surface area contributed by atoms with Crippen LogP contribution in [-0.4, -0.2) is 37.1 Å². The monoisotopic (exact) mass is 520 g/mol. The van der Waals surface area contributed by atoms with E-state index in [0.717, 1.165) is 31.8 Å². The van der Waals surface area contributed by atoms with Crippen LogP contribution >= 0.6 is 24.0 Å². The number of aliphatic imine (C=N–C) groups is 1. The summed E-state index contributed by atoms with van der Waals surface area (Å²) in [7, 11) is 0. The maximum Gasteiger partial charge on any atom is 0.189 e. The van der Waals surface area contributed by atoms with Crippen LogP contribution < -0.4 is 15.8 Å². The molecule has 2 heterocycles. The summed E-state index contributed by atoms with van der Waals surface area (Å²) in [5.74, 6) is 2.05. The smallest absolute Gasteiger partial charge is 0.189 e. The lowest BCUT2D eigenvalue weighted by Gasteiger charge is -2.27. The third-order valence-electron chi connectivity index (χ3n) is 5.90. The van der Waals surface area contributed by atoms with Crippen molar-refractivity contribution in [3.8, 4) is 5.75 Å². The molecule has 2 unspecified atom stereocenters. The second kappa shape index (κ2) is 11.6. The van der Waals surface area contributed by atoms with Gasteiger partial charge in [-0.1, -0.05) is 55.0 Å². The van der Waals surface area contributed by atoms with Gasteiger partial charge >= 0.3 is 0 Å². The van der Waals surface area contributed by atoms with Gasteiger partial charge in [-0.25, -0.2) is 0 Å². The molecule has 2 aliphatic heterocycles. The zero-order valence-electron chi connectivity index (χ0n) is 17.5. The second-order valence-electron chi connectivity index (χ2n) is 8.18. The molecule has 0 aromatic heterocycles. The molecule has 0 radical (unpaired) electrons. The Hall–Kier alpha value is -1.80. The van der Waals surface area contributed by atoms with Gasteiger partial charge in [0.15, 0.2) is 5.96 Å². The van der Waals surface area contributed by atoms with E-state index in [1.807, 2.05) is 18.2 Å². The quantitative estimate of drug-likeness (QED) is 0.350. The molecule has 0 bridgehead atoms. The number of rotatable bonds is 5. The van der Waals surface area contributed by atoms with Crippen LogP contribution in [-0.2, 0) is 6.54 Å². The SMILES string of the molecule is I.NC(=NCC1CCCCN(Cc2ccccc2)C1)NC1CCOc2ccccc21. The lowest BCUT2D eigenvalue weighted by molar-refractivity contribution is 0.243. The van der Waals surface area contributed by atoms with Crippen molar-refractivity contribution < 1.29 is 4.74 Å². The molecule has 6 heteroatoms. The number of ether oxygens (including phenoxy) is 1. The molecule has 30 heavy (non-hydrogen) atoms. The van der Waals surface area contributed by atoms with Crippen molar-refractivity contribution in [2.45, 2.75) is 38.3 Å². The number of likely N-dealkylation sites (tertiary alicyclic amines) is 1. The third-order valence-corrected chi connectivity index (χ3v) is 5.90. The number of halogens is 1. The molecule has 3 N–H and O–H groups in total. The topological polar surface area (TPSA) is 62.9 Å². The highest BCUT2D eigenvalue weighted by Gasteiger charge is 2.22. The minimum Gasteiger partial charge on any atom is -0.493 e. The Morgan fingerprint density at radius 2 is 1.87 bits per heavy atom. The number of hydrogen-bond acceptors (Lipinski definition) is 3. The Labute approximate surface area is 197 Å². The highest BCUT2D eigenvalue weighted by Crippen LogP contribution is 2.31. The minimum absolute atomic E-state index is 0. The van der Waals surface area contributed by atoms with E-state index in [9.17, 15) is 0 Å². The zero-order valence-corrected chi connectivity index (χ0v) is 19.8. The average molecular weight is 520 g/mol. The summed E-state index contributed by atoms with van der Waals surface area (Å²) in [6.45, 7) is 4.77. The van der Waals surface area contributed by atoms with Gasteiger partial charge in [0.25, 0.3) is 0 Å². The van der Waals surface area contributed by atoms with E-state index in [2.05, 4.69) is 46.6 Å².